The van der Waals surface area contributed by atoms with Gasteiger partial charge in [-0.1, -0.05) is 6.08 Å². The van der Waals surface area contributed by atoms with Gasteiger partial charge in [0.2, 0.25) is 11.8 Å². The first-order chi connectivity index (χ1) is 10.0. The number of rotatable bonds is 5. The molecule has 2 fully saturated rings. The minimum atomic E-state index is -0.465. The summed E-state index contributed by atoms with van der Waals surface area (Å²) in [5.41, 5.74) is 0. The van der Waals surface area contributed by atoms with Crippen LogP contribution in [0.2, 0.25) is 0 Å². The van der Waals surface area contributed by atoms with E-state index in [0.717, 1.165) is 32.4 Å². The number of likely N-dealkylation sites (tertiary alicyclic amines) is 2. The molecular weight excluding hydrogens is 266 g/mol. The summed E-state index contributed by atoms with van der Waals surface area (Å²) in [5.74, 6) is -0.114. The fourth-order valence-electron chi connectivity index (χ4n) is 3.72. The number of hydrogen-bond donors (Lipinski definition) is 1. The van der Waals surface area contributed by atoms with Crippen molar-refractivity contribution in [2.75, 3.05) is 20.1 Å². The summed E-state index contributed by atoms with van der Waals surface area (Å²) in [5, 5.41) is 2.76. The van der Waals surface area contributed by atoms with Crippen LogP contribution >= 0.6 is 0 Å². The summed E-state index contributed by atoms with van der Waals surface area (Å²) >= 11 is 0. The second kappa shape index (κ2) is 7.07. The molecule has 1 N–H and O–H groups in total. The Morgan fingerprint density at radius 3 is 2.52 bits per heavy atom. The molecule has 0 radical (unpaired) electrons. The Kier molecular flexibility index (Phi) is 5.39. The molecule has 5 heteroatoms. The molecule has 0 saturated carbocycles. The van der Waals surface area contributed by atoms with Crippen molar-refractivity contribution >= 4 is 11.8 Å². The van der Waals surface area contributed by atoms with Gasteiger partial charge >= 0.3 is 0 Å². The zero-order chi connectivity index (χ0) is 15.4. The molecule has 2 amide bonds. The highest BCUT2D eigenvalue weighted by atomic mass is 16.2. The van der Waals surface area contributed by atoms with Gasteiger partial charge in [-0.05, 0) is 45.7 Å². The standard InChI is InChI=1S/C16H27N3O2/c1-4-7-13(17-12(2)20)16(21)19-11-6-9-15(19)14-8-5-10-18(14)3/h4,13-15H,1,5-11H2,2-3H3,(H,17,20)/t13-,14+,15+/m0/s1. The number of hydrogen-bond acceptors (Lipinski definition) is 3. The first kappa shape index (κ1) is 16.0. The SMILES string of the molecule is C=CC[C@H](NC(C)=O)C(=O)N1CCC[C@@H]1[C@H]1CCCN1C. The summed E-state index contributed by atoms with van der Waals surface area (Å²) in [6.07, 6.45) is 6.69. The van der Waals surface area contributed by atoms with E-state index in [1.807, 2.05) is 4.90 Å². The van der Waals surface area contributed by atoms with E-state index in [1.165, 1.54) is 13.3 Å². The Morgan fingerprint density at radius 1 is 1.29 bits per heavy atom. The Bertz CT molecular complexity index is 410. The maximum atomic E-state index is 12.8. The number of nitrogens with zero attached hydrogens (tertiary/aromatic N) is 2. The first-order valence-electron chi connectivity index (χ1n) is 7.93. The summed E-state index contributed by atoms with van der Waals surface area (Å²) in [6, 6.07) is 0.302. The van der Waals surface area contributed by atoms with Gasteiger partial charge in [-0.3, -0.25) is 9.59 Å². The highest BCUT2D eigenvalue weighted by Crippen LogP contribution is 2.29. The van der Waals surface area contributed by atoms with E-state index in [9.17, 15) is 9.59 Å². The minimum absolute atomic E-state index is 0.0490. The lowest BCUT2D eigenvalue weighted by atomic mass is 10.0. The third kappa shape index (κ3) is 3.64. The zero-order valence-electron chi connectivity index (χ0n) is 13.2. The van der Waals surface area contributed by atoms with Gasteiger partial charge in [0.25, 0.3) is 0 Å². The molecule has 0 aromatic rings. The predicted octanol–water partition coefficient (Wildman–Crippen LogP) is 1.15. The Balaban J connectivity index is 2.08. The molecule has 0 unspecified atom stereocenters. The van der Waals surface area contributed by atoms with Gasteiger partial charge in [0.15, 0.2) is 0 Å². The fraction of sp³-hybridized carbons (Fsp3) is 0.750. The number of carbonyl (C=O) groups excluding carboxylic acids is 2. The maximum absolute atomic E-state index is 12.8. The molecule has 2 rings (SSSR count). The molecule has 5 nitrogen and oxygen atoms in total. The van der Waals surface area contributed by atoms with Crippen LogP contribution < -0.4 is 5.32 Å². The van der Waals surface area contributed by atoms with Crippen molar-refractivity contribution in [1.29, 1.82) is 0 Å². The maximum Gasteiger partial charge on any atom is 0.245 e. The molecule has 0 aromatic carbocycles. The third-order valence-corrected chi connectivity index (χ3v) is 4.68. The van der Waals surface area contributed by atoms with E-state index >= 15 is 0 Å². The minimum Gasteiger partial charge on any atom is -0.344 e. The van der Waals surface area contributed by atoms with Crippen molar-refractivity contribution in [3.8, 4) is 0 Å². The molecule has 2 aliphatic heterocycles. The fourth-order valence-corrected chi connectivity index (χ4v) is 3.72. The van der Waals surface area contributed by atoms with Crippen LogP contribution in [0.25, 0.3) is 0 Å². The Labute approximate surface area is 127 Å². The van der Waals surface area contributed by atoms with Crippen LogP contribution in [0, 0.1) is 0 Å². The van der Waals surface area contributed by atoms with Crippen molar-refractivity contribution in [3.63, 3.8) is 0 Å². The summed E-state index contributed by atoms with van der Waals surface area (Å²) in [7, 11) is 2.15. The third-order valence-electron chi connectivity index (χ3n) is 4.68. The van der Waals surface area contributed by atoms with Crippen LogP contribution in [0.4, 0.5) is 0 Å². The van der Waals surface area contributed by atoms with Crippen molar-refractivity contribution in [3.05, 3.63) is 12.7 Å². The summed E-state index contributed by atoms with van der Waals surface area (Å²) in [4.78, 5) is 28.5. The van der Waals surface area contributed by atoms with Crippen LogP contribution in [-0.4, -0.2) is 59.9 Å². The van der Waals surface area contributed by atoms with E-state index in [-0.39, 0.29) is 11.8 Å². The van der Waals surface area contributed by atoms with E-state index in [2.05, 4.69) is 23.8 Å². The number of nitrogens with one attached hydrogen (secondary N) is 1. The van der Waals surface area contributed by atoms with Crippen LogP contribution in [0.15, 0.2) is 12.7 Å². The summed E-state index contributed by atoms with van der Waals surface area (Å²) in [6.45, 7) is 7.07. The number of amides is 2. The molecule has 2 aliphatic rings. The molecule has 3 atom stereocenters. The van der Waals surface area contributed by atoms with Crippen LogP contribution in [0.5, 0.6) is 0 Å². The molecule has 2 heterocycles. The van der Waals surface area contributed by atoms with Crippen molar-refractivity contribution in [1.82, 2.24) is 15.1 Å². The average Bonchev–Trinajstić information content (AvgIpc) is 3.04. The largest absolute Gasteiger partial charge is 0.344 e. The van der Waals surface area contributed by atoms with Gasteiger partial charge < -0.3 is 15.1 Å². The van der Waals surface area contributed by atoms with Gasteiger partial charge in [-0.25, -0.2) is 0 Å². The van der Waals surface area contributed by atoms with Crippen LogP contribution in [0.1, 0.15) is 39.0 Å². The molecule has 21 heavy (non-hydrogen) atoms. The lowest BCUT2D eigenvalue weighted by Gasteiger charge is -2.35. The normalized spacial score (nSPS) is 27.6. The molecular formula is C16H27N3O2. The van der Waals surface area contributed by atoms with E-state index < -0.39 is 6.04 Å². The molecule has 0 aliphatic carbocycles. The smallest absolute Gasteiger partial charge is 0.245 e. The van der Waals surface area contributed by atoms with Gasteiger partial charge in [0, 0.05) is 25.6 Å². The predicted molar refractivity (Wildman–Crippen MR) is 82.8 cm³/mol. The molecule has 0 spiro atoms. The second-order valence-electron chi connectivity index (χ2n) is 6.21. The zero-order valence-corrected chi connectivity index (χ0v) is 13.2. The van der Waals surface area contributed by atoms with Crippen LogP contribution in [0.3, 0.4) is 0 Å². The molecule has 118 valence electrons. The highest BCUT2D eigenvalue weighted by Gasteiger charge is 2.40. The molecule has 0 bridgehead atoms. The monoisotopic (exact) mass is 293 g/mol. The van der Waals surface area contributed by atoms with Crippen molar-refractivity contribution in [2.24, 2.45) is 0 Å². The van der Waals surface area contributed by atoms with E-state index in [1.54, 1.807) is 6.08 Å². The van der Waals surface area contributed by atoms with Gasteiger partial charge in [-0.15, -0.1) is 6.58 Å². The quantitative estimate of drug-likeness (QED) is 0.774. The van der Waals surface area contributed by atoms with Gasteiger partial charge in [0.1, 0.15) is 6.04 Å². The number of carbonyl (C=O) groups is 2. The van der Waals surface area contributed by atoms with E-state index in [4.69, 9.17) is 0 Å². The average molecular weight is 293 g/mol. The lowest BCUT2D eigenvalue weighted by molar-refractivity contribution is -0.137. The van der Waals surface area contributed by atoms with Crippen molar-refractivity contribution < 1.29 is 9.59 Å². The van der Waals surface area contributed by atoms with Crippen molar-refractivity contribution in [2.45, 2.75) is 57.2 Å². The van der Waals surface area contributed by atoms with Gasteiger partial charge in [0.05, 0.1) is 0 Å². The highest BCUT2D eigenvalue weighted by molar-refractivity contribution is 5.87. The second-order valence-corrected chi connectivity index (χ2v) is 6.21. The summed E-state index contributed by atoms with van der Waals surface area (Å²) < 4.78 is 0. The molecule has 2 saturated heterocycles. The number of likely N-dealkylation sites (N-methyl/N-ethyl adjacent to an activating group) is 1. The first-order valence-corrected chi connectivity index (χ1v) is 7.93. The van der Waals surface area contributed by atoms with Gasteiger partial charge in [-0.2, -0.15) is 0 Å². The lowest BCUT2D eigenvalue weighted by Crippen LogP contribution is -2.53. The molecule has 0 aromatic heterocycles. The Morgan fingerprint density at radius 2 is 1.95 bits per heavy atom. The van der Waals surface area contributed by atoms with Crippen LogP contribution in [-0.2, 0) is 9.59 Å². The topological polar surface area (TPSA) is 52.7 Å². The Hall–Kier alpha value is -1.36. The van der Waals surface area contributed by atoms with E-state index in [0.29, 0.717) is 18.5 Å².